The third-order valence-corrected chi connectivity index (χ3v) is 4.28. The van der Waals surface area contributed by atoms with Gasteiger partial charge in [0.05, 0.1) is 11.1 Å². The first-order chi connectivity index (χ1) is 13.0. The summed E-state index contributed by atoms with van der Waals surface area (Å²) in [5.74, 6) is 0.479. The molecule has 0 aliphatic carbocycles. The van der Waals surface area contributed by atoms with Gasteiger partial charge in [-0.25, -0.2) is 9.78 Å². The van der Waals surface area contributed by atoms with Gasteiger partial charge in [0.1, 0.15) is 11.4 Å². The van der Waals surface area contributed by atoms with Crippen LogP contribution in [0, 0.1) is 0 Å². The number of benzene rings is 2. The lowest BCUT2D eigenvalue weighted by molar-refractivity contribution is 0.102. The second-order valence-electron chi connectivity index (χ2n) is 6.40. The van der Waals surface area contributed by atoms with E-state index >= 15 is 0 Å². The molecule has 0 atom stereocenters. The lowest BCUT2D eigenvalue weighted by Gasteiger charge is -2.15. The van der Waals surface area contributed by atoms with E-state index in [1.54, 1.807) is 30.3 Å². The molecule has 1 N–H and O–H groups in total. The summed E-state index contributed by atoms with van der Waals surface area (Å²) in [6, 6.07) is 17.5. The van der Waals surface area contributed by atoms with Crippen molar-refractivity contribution in [3.63, 3.8) is 0 Å². The summed E-state index contributed by atoms with van der Waals surface area (Å²) in [5.41, 5.74) is 2.00. The van der Waals surface area contributed by atoms with Crippen LogP contribution in [0.5, 0.6) is 0 Å². The van der Waals surface area contributed by atoms with Gasteiger partial charge in [-0.3, -0.25) is 4.79 Å². The van der Waals surface area contributed by atoms with Crippen LogP contribution < -0.4 is 15.8 Å². The Morgan fingerprint density at radius 3 is 2.67 bits per heavy atom. The van der Waals surface area contributed by atoms with Gasteiger partial charge < -0.3 is 14.6 Å². The van der Waals surface area contributed by atoms with Crippen molar-refractivity contribution < 1.29 is 9.21 Å². The number of anilines is 2. The number of rotatable bonds is 3. The van der Waals surface area contributed by atoms with E-state index in [0.717, 1.165) is 16.3 Å². The molecule has 4 aromatic rings. The zero-order chi connectivity index (χ0) is 19.0. The largest absolute Gasteiger partial charge is 0.423 e. The lowest BCUT2D eigenvalue weighted by atomic mass is 10.1. The van der Waals surface area contributed by atoms with Crippen molar-refractivity contribution in [2.24, 2.45) is 0 Å². The van der Waals surface area contributed by atoms with Crippen molar-refractivity contribution in [1.82, 2.24) is 4.98 Å². The summed E-state index contributed by atoms with van der Waals surface area (Å²) >= 11 is 0. The van der Waals surface area contributed by atoms with Crippen LogP contribution in [0.25, 0.3) is 21.9 Å². The molecule has 27 heavy (non-hydrogen) atoms. The molecule has 134 valence electrons. The second-order valence-corrected chi connectivity index (χ2v) is 6.40. The predicted molar refractivity (Wildman–Crippen MR) is 107 cm³/mol. The zero-order valence-corrected chi connectivity index (χ0v) is 14.9. The highest BCUT2D eigenvalue weighted by Gasteiger charge is 2.14. The molecular weight excluding hydrogens is 342 g/mol. The molecule has 0 unspecified atom stereocenters. The van der Waals surface area contributed by atoms with Crippen LogP contribution in [0.15, 0.2) is 69.9 Å². The Labute approximate surface area is 155 Å². The van der Waals surface area contributed by atoms with Crippen LogP contribution in [0.2, 0.25) is 0 Å². The van der Waals surface area contributed by atoms with E-state index in [1.165, 1.54) is 6.07 Å². The number of carbonyl (C=O) groups excluding carboxylic acids is 1. The smallest absolute Gasteiger partial charge is 0.336 e. The Morgan fingerprint density at radius 1 is 1.04 bits per heavy atom. The Hall–Kier alpha value is -3.67. The minimum absolute atomic E-state index is 0.228. The molecule has 6 heteroatoms. The van der Waals surface area contributed by atoms with E-state index in [2.05, 4.69) is 10.3 Å². The molecule has 0 bridgehead atoms. The highest BCUT2D eigenvalue weighted by Crippen LogP contribution is 2.24. The van der Waals surface area contributed by atoms with Crippen LogP contribution in [0.4, 0.5) is 11.5 Å². The van der Waals surface area contributed by atoms with Crippen LogP contribution in [-0.2, 0) is 0 Å². The van der Waals surface area contributed by atoms with Gasteiger partial charge in [0, 0.05) is 36.6 Å². The van der Waals surface area contributed by atoms with Gasteiger partial charge in [-0.15, -0.1) is 0 Å². The summed E-state index contributed by atoms with van der Waals surface area (Å²) in [4.78, 5) is 30.7. The fraction of sp³-hybridized carbons (Fsp3) is 0.0952. The van der Waals surface area contributed by atoms with Gasteiger partial charge in [-0.1, -0.05) is 18.2 Å². The van der Waals surface area contributed by atoms with Gasteiger partial charge in [0.15, 0.2) is 0 Å². The second kappa shape index (κ2) is 6.57. The third-order valence-electron chi connectivity index (χ3n) is 4.28. The highest BCUT2D eigenvalue weighted by atomic mass is 16.4. The molecule has 0 fully saturated rings. The molecular formula is C21H17N3O3. The number of hydrogen-bond donors (Lipinski definition) is 1. The van der Waals surface area contributed by atoms with Crippen molar-refractivity contribution in [1.29, 1.82) is 0 Å². The Bertz CT molecular complexity index is 1230. The number of amides is 1. The van der Waals surface area contributed by atoms with Crippen molar-refractivity contribution in [2.75, 3.05) is 24.3 Å². The third kappa shape index (κ3) is 3.25. The monoisotopic (exact) mass is 359 g/mol. The molecule has 0 saturated heterocycles. The molecule has 0 saturated carbocycles. The maximum Gasteiger partial charge on any atom is 0.336 e. The average Bonchev–Trinajstić information content (AvgIpc) is 2.67. The van der Waals surface area contributed by atoms with Crippen molar-refractivity contribution in [2.45, 2.75) is 0 Å². The molecule has 2 aromatic carbocycles. The molecule has 2 heterocycles. The van der Waals surface area contributed by atoms with E-state index in [0.29, 0.717) is 22.7 Å². The topological polar surface area (TPSA) is 75.4 Å². The van der Waals surface area contributed by atoms with Crippen LogP contribution in [0.3, 0.4) is 0 Å². The highest BCUT2D eigenvalue weighted by molar-refractivity contribution is 6.13. The Morgan fingerprint density at radius 2 is 1.85 bits per heavy atom. The van der Waals surface area contributed by atoms with E-state index < -0.39 is 5.63 Å². The summed E-state index contributed by atoms with van der Waals surface area (Å²) in [7, 11) is 3.77. The number of aromatic nitrogens is 1. The first-order valence-corrected chi connectivity index (χ1v) is 8.44. The minimum Gasteiger partial charge on any atom is -0.423 e. The first-order valence-electron chi connectivity index (χ1n) is 8.44. The van der Waals surface area contributed by atoms with Crippen molar-refractivity contribution in [3.05, 3.63) is 76.6 Å². The minimum atomic E-state index is -0.404. The van der Waals surface area contributed by atoms with E-state index in [-0.39, 0.29) is 5.91 Å². The van der Waals surface area contributed by atoms with Gasteiger partial charge in [0.2, 0.25) is 0 Å². The normalized spacial score (nSPS) is 10.9. The SMILES string of the molecule is CN(C)c1cc(C(=O)Nc2ccc3oc(=O)ccc3c2)c2ccccc2n1. The predicted octanol–water partition coefficient (Wildman–Crippen LogP) is 3.66. The lowest BCUT2D eigenvalue weighted by Crippen LogP contribution is -2.16. The molecule has 0 aliphatic rings. The maximum absolute atomic E-state index is 13.0. The van der Waals surface area contributed by atoms with Gasteiger partial charge in [0.25, 0.3) is 5.91 Å². The van der Waals surface area contributed by atoms with Crippen molar-refractivity contribution in [3.8, 4) is 0 Å². The number of hydrogen-bond acceptors (Lipinski definition) is 5. The zero-order valence-electron chi connectivity index (χ0n) is 14.9. The van der Waals surface area contributed by atoms with E-state index in [9.17, 15) is 9.59 Å². The number of pyridine rings is 1. The first kappa shape index (κ1) is 16.8. The number of para-hydroxylation sites is 1. The van der Waals surface area contributed by atoms with Gasteiger partial charge in [-0.2, -0.15) is 0 Å². The van der Waals surface area contributed by atoms with Crippen LogP contribution >= 0.6 is 0 Å². The van der Waals surface area contributed by atoms with Crippen LogP contribution in [0.1, 0.15) is 10.4 Å². The molecule has 6 nitrogen and oxygen atoms in total. The maximum atomic E-state index is 13.0. The van der Waals surface area contributed by atoms with E-state index in [4.69, 9.17) is 4.42 Å². The van der Waals surface area contributed by atoms with Crippen molar-refractivity contribution >= 4 is 39.3 Å². The van der Waals surface area contributed by atoms with Gasteiger partial charge in [-0.05, 0) is 36.4 Å². The average molecular weight is 359 g/mol. The molecule has 0 spiro atoms. The number of nitrogens with zero attached hydrogens (tertiary/aromatic N) is 2. The molecule has 2 aromatic heterocycles. The quantitative estimate of drug-likeness (QED) is 0.565. The number of carbonyl (C=O) groups is 1. The number of nitrogens with one attached hydrogen (secondary N) is 1. The Balaban J connectivity index is 1.74. The fourth-order valence-corrected chi connectivity index (χ4v) is 2.93. The molecule has 4 rings (SSSR count). The molecule has 0 aliphatic heterocycles. The van der Waals surface area contributed by atoms with Crippen LogP contribution in [-0.4, -0.2) is 25.0 Å². The molecule has 1 amide bonds. The standard InChI is InChI=1S/C21H17N3O3/c1-24(2)19-12-16(15-5-3-4-6-17(15)23-19)21(26)22-14-8-9-18-13(11-14)7-10-20(25)27-18/h3-12H,1-2H3,(H,22,26). The van der Waals surface area contributed by atoms with Gasteiger partial charge >= 0.3 is 5.63 Å². The summed E-state index contributed by atoms with van der Waals surface area (Å²) in [5, 5.41) is 4.44. The van der Waals surface area contributed by atoms with E-state index in [1.807, 2.05) is 43.3 Å². The molecule has 0 radical (unpaired) electrons. The summed E-state index contributed by atoms with van der Waals surface area (Å²) in [6.45, 7) is 0. The number of fused-ring (bicyclic) bond motifs is 2. The Kier molecular flexibility index (Phi) is 4.08. The summed E-state index contributed by atoms with van der Waals surface area (Å²) in [6.07, 6.45) is 0. The summed E-state index contributed by atoms with van der Waals surface area (Å²) < 4.78 is 5.12. The fourth-order valence-electron chi connectivity index (χ4n) is 2.93.